The number of aryl methyl sites for hydroxylation is 2. The van der Waals surface area contributed by atoms with Gasteiger partial charge in [0.2, 0.25) is 0 Å². The Morgan fingerprint density at radius 1 is 1.07 bits per heavy atom. The van der Waals surface area contributed by atoms with Gasteiger partial charge in [-0.3, -0.25) is 4.79 Å². The van der Waals surface area contributed by atoms with E-state index in [2.05, 4.69) is 10.4 Å². The highest BCUT2D eigenvalue weighted by atomic mass is 16.5. The molecule has 27 heavy (non-hydrogen) atoms. The Hall–Kier alpha value is -3.12. The maximum atomic E-state index is 12.5. The number of aromatic nitrogens is 2. The summed E-state index contributed by atoms with van der Waals surface area (Å²) in [6.45, 7) is 4.93. The van der Waals surface area contributed by atoms with Gasteiger partial charge in [-0.1, -0.05) is 6.07 Å². The smallest absolute Gasteiger partial charge is 0.255 e. The molecule has 1 aromatic heterocycles. The molecule has 0 spiro atoms. The molecule has 0 fully saturated rings. The van der Waals surface area contributed by atoms with Crippen molar-refractivity contribution in [3.63, 3.8) is 0 Å². The predicted octanol–water partition coefficient (Wildman–Crippen LogP) is 3.77. The van der Waals surface area contributed by atoms with Gasteiger partial charge in [0.25, 0.3) is 5.91 Å². The molecule has 0 saturated carbocycles. The summed E-state index contributed by atoms with van der Waals surface area (Å²) in [5.41, 5.74) is 4.19. The summed E-state index contributed by atoms with van der Waals surface area (Å²) < 4.78 is 12.4. The van der Waals surface area contributed by atoms with Crippen molar-refractivity contribution >= 4 is 11.6 Å². The Labute approximate surface area is 158 Å². The van der Waals surface area contributed by atoms with Gasteiger partial charge in [0, 0.05) is 30.1 Å². The average Bonchev–Trinajstić information content (AvgIpc) is 3.00. The summed E-state index contributed by atoms with van der Waals surface area (Å²) in [5.74, 6) is 0.508. The fourth-order valence-electron chi connectivity index (χ4n) is 2.75. The van der Waals surface area contributed by atoms with Crippen LogP contribution in [0.25, 0.3) is 5.69 Å². The molecule has 0 radical (unpaired) electrons. The van der Waals surface area contributed by atoms with Crippen molar-refractivity contribution in [2.24, 2.45) is 0 Å². The van der Waals surface area contributed by atoms with E-state index in [1.807, 2.05) is 54.9 Å². The predicted molar refractivity (Wildman–Crippen MR) is 105 cm³/mol. The van der Waals surface area contributed by atoms with E-state index in [0.29, 0.717) is 30.2 Å². The maximum absolute atomic E-state index is 12.5. The monoisotopic (exact) mass is 365 g/mol. The highest BCUT2D eigenvalue weighted by Crippen LogP contribution is 2.19. The molecule has 0 aliphatic rings. The Morgan fingerprint density at radius 2 is 1.85 bits per heavy atom. The minimum Gasteiger partial charge on any atom is -0.491 e. The highest BCUT2D eigenvalue weighted by Gasteiger charge is 2.09. The van der Waals surface area contributed by atoms with Gasteiger partial charge in [0.05, 0.1) is 18.0 Å². The number of ether oxygens (including phenoxy) is 2. The summed E-state index contributed by atoms with van der Waals surface area (Å²) in [6, 6.07) is 16.7. The lowest BCUT2D eigenvalue weighted by Gasteiger charge is -2.10. The lowest BCUT2D eigenvalue weighted by Crippen LogP contribution is -2.12. The third-order valence-corrected chi connectivity index (χ3v) is 4.03. The molecule has 0 aliphatic heterocycles. The Bertz CT molecular complexity index is 917. The fourth-order valence-corrected chi connectivity index (χ4v) is 2.75. The molecular weight excluding hydrogens is 342 g/mol. The quantitative estimate of drug-likeness (QED) is 0.648. The number of anilines is 1. The summed E-state index contributed by atoms with van der Waals surface area (Å²) >= 11 is 0. The first-order valence-corrected chi connectivity index (χ1v) is 8.73. The van der Waals surface area contributed by atoms with E-state index in [1.54, 1.807) is 25.3 Å². The SMILES string of the molecule is COCCOc1cccc(NC(=O)c2ccc(-n3nc(C)cc3C)cc2)c1. The van der Waals surface area contributed by atoms with Crippen LogP contribution in [0.5, 0.6) is 5.75 Å². The lowest BCUT2D eigenvalue weighted by atomic mass is 10.2. The van der Waals surface area contributed by atoms with Gasteiger partial charge >= 0.3 is 0 Å². The van der Waals surface area contributed by atoms with E-state index in [4.69, 9.17) is 9.47 Å². The highest BCUT2D eigenvalue weighted by molar-refractivity contribution is 6.04. The van der Waals surface area contributed by atoms with Crippen molar-refractivity contribution < 1.29 is 14.3 Å². The van der Waals surface area contributed by atoms with Crippen LogP contribution in [0, 0.1) is 13.8 Å². The van der Waals surface area contributed by atoms with Crippen LogP contribution >= 0.6 is 0 Å². The summed E-state index contributed by atoms with van der Waals surface area (Å²) in [6.07, 6.45) is 0. The summed E-state index contributed by atoms with van der Waals surface area (Å²) in [5, 5.41) is 7.35. The molecule has 3 rings (SSSR count). The van der Waals surface area contributed by atoms with Crippen molar-refractivity contribution in [2.75, 3.05) is 25.6 Å². The molecular formula is C21H23N3O3. The number of nitrogens with one attached hydrogen (secondary N) is 1. The van der Waals surface area contributed by atoms with Crippen LogP contribution in [0.15, 0.2) is 54.6 Å². The number of nitrogens with zero attached hydrogens (tertiary/aromatic N) is 2. The van der Waals surface area contributed by atoms with Gasteiger partial charge in [0.15, 0.2) is 0 Å². The number of hydrogen-bond acceptors (Lipinski definition) is 4. The lowest BCUT2D eigenvalue weighted by molar-refractivity contribution is 0.102. The molecule has 1 amide bonds. The topological polar surface area (TPSA) is 65.4 Å². The molecule has 0 atom stereocenters. The standard InChI is InChI=1S/C21H23N3O3/c1-15-13-16(2)24(23-15)19-9-7-17(8-10-19)21(25)22-18-5-4-6-20(14-18)27-12-11-26-3/h4-10,13-14H,11-12H2,1-3H3,(H,22,25). The average molecular weight is 365 g/mol. The fraction of sp³-hybridized carbons (Fsp3) is 0.238. The summed E-state index contributed by atoms with van der Waals surface area (Å²) in [4.78, 5) is 12.5. The minimum absolute atomic E-state index is 0.177. The van der Waals surface area contributed by atoms with Crippen LogP contribution in [0.2, 0.25) is 0 Å². The Kier molecular flexibility index (Phi) is 5.88. The molecule has 6 heteroatoms. The zero-order valence-electron chi connectivity index (χ0n) is 15.7. The first-order valence-electron chi connectivity index (χ1n) is 8.73. The summed E-state index contributed by atoms with van der Waals surface area (Å²) in [7, 11) is 1.63. The number of hydrogen-bond donors (Lipinski definition) is 1. The van der Waals surface area contributed by atoms with Crippen molar-refractivity contribution in [1.82, 2.24) is 9.78 Å². The molecule has 0 saturated heterocycles. The van der Waals surface area contributed by atoms with Crippen molar-refractivity contribution in [1.29, 1.82) is 0 Å². The molecule has 2 aromatic carbocycles. The van der Waals surface area contributed by atoms with E-state index in [9.17, 15) is 4.79 Å². The van der Waals surface area contributed by atoms with E-state index in [-0.39, 0.29) is 5.91 Å². The van der Waals surface area contributed by atoms with Crippen molar-refractivity contribution in [2.45, 2.75) is 13.8 Å². The Morgan fingerprint density at radius 3 is 2.52 bits per heavy atom. The molecule has 1 N–H and O–H groups in total. The van der Waals surface area contributed by atoms with Crippen molar-refractivity contribution in [3.8, 4) is 11.4 Å². The number of benzene rings is 2. The van der Waals surface area contributed by atoms with E-state index < -0.39 is 0 Å². The van der Waals surface area contributed by atoms with Crippen LogP contribution in [0.4, 0.5) is 5.69 Å². The molecule has 0 unspecified atom stereocenters. The molecule has 1 heterocycles. The first kappa shape index (κ1) is 18.7. The second kappa shape index (κ2) is 8.51. The van der Waals surface area contributed by atoms with Crippen LogP contribution in [-0.2, 0) is 4.74 Å². The third-order valence-electron chi connectivity index (χ3n) is 4.03. The minimum atomic E-state index is -0.177. The van der Waals surface area contributed by atoms with Crippen molar-refractivity contribution in [3.05, 3.63) is 71.5 Å². The zero-order chi connectivity index (χ0) is 19.2. The normalized spacial score (nSPS) is 10.6. The number of rotatable bonds is 7. The van der Waals surface area contributed by atoms with E-state index in [0.717, 1.165) is 17.1 Å². The van der Waals surface area contributed by atoms with E-state index in [1.165, 1.54) is 0 Å². The third kappa shape index (κ3) is 4.74. The largest absolute Gasteiger partial charge is 0.491 e. The number of methoxy groups -OCH3 is 1. The van der Waals surface area contributed by atoms with Crippen LogP contribution in [0.1, 0.15) is 21.7 Å². The van der Waals surface area contributed by atoms with Gasteiger partial charge < -0.3 is 14.8 Å². The van der Waals surface area contributed by atoms with Gasteiger partial charge in [-0.2, -0.15) is 5.10 Å². The van der Waals surface area contributed by atoms with Gasteiger partial charge in [-0.15, -0.1) is 0 Å². The van der Waals surface area contributed by atoms with Gasteiger partial charge in [-0.25, -0.2) is 4.68 Å². The molecule has 140 valence electrons. The number of carbonyl (C=O) groups excluding carboxylic acids is 1. The molecule has 0 bridgehead atoms. The molecule has 0 aliphatic carbocycles. The van der Waals surface area contributed by atoms with Crippen LogP contribution < -0.4 is 10.1 Å². The van der Waals surface area contributed by atoms with Gasteiger partial charge in [-0.05, 0) is 56.3 Å². The second-order valence-corrected chi connectivity index (χ2v) is 6.21. The number of amides is 1. The molecule has 6 nitrogen and oxygen atoms in total. The molecule has 3 aromatic rings. The van der Waals surface area contributed by atoms with Gasteiger partial charge in [0.1, 0.15) is 12.4 Å². The number of carbonyl (C=O) groups is 1. The maximum Gasteiger partial charge on any atom is 0.255 e. The van der Waals surface area contributed by atoms with Crippen LogP contribution in [0.3, 0.4) is 0 Å². The second-order valence-electron chi connectivity index (χ2n) is 6.21. The first-order chi connectivity index (χ1) is 13.1. The Balaban J connectivity index is 1.68. The van der Waals surface area contributed by atoms with E-state index >= 15 is 0 Å². The van der Waals surface area contributed by atoms with Crippen LogP contribution in [-0.4, -0.2) is 36.0 Å². The zero-order valence-corrected chi connectivity index (χ0v) is 15.7.